The lowest BCUT2D eigenvalue weighted by molar-refractivity contribution is -0.149. The van der Waals surface area contributed by atoms with Crippen molar-refractivity contribution in [2.45, 2.75) is 25.8 Å². The Morgan fingerprint density at radius 2 is 2.15 bits per heavy atom. The first kappa shape index (κ1) is 15.0. The van der Waals surface area contributed by atoms with Gasteiger partial charge in [0.15, 0.2) is 0 Å². The number of hydrogen-bond acceptors (Lipinski definition) is 4. The predicted molar refractivity (Wildman–Crippen MR) is 77.2 cm³/mol. The minimum Gasteiger partial charge on any atom is -0.468 e. The molecule has 0 saturated carbocycles. The van der Waals surface area contributed by atoms with E-state index in [1.54, 1.807) is 0 Å². The average molecular weight is 277 g/mol. The van der Waals surface area contributed by atoms with Crippen LogP contribution in [0.1, 0.15) is 31.4 Å². The van der Waals surface area contributed by atoms with E-state index in [0.717, 1.165) is 24.9 Å². The largest absolute Gasteiger partial charge is 0.468 e. The predicted octanol–water partition coefficient (Wildman–Crippen LogP) is 2.00. The Morgan fingerprint density at radius 3 is 2.75 bits per heavy atom. The number of esters is 1. The molecule has 4 nitrogen and oxygen atoms in total. The molecule has 0 bridgehead atoms. The molecule has 1 aliphatic heterocycles. The number of piperidine rings is 1. The van der Waals surface area contributed by atoms with Gasteiger partial charge in [0.2, 0.25) is 0 Å². The van der Waals surface area contributed by atoms with Gasteiger partial charge in [-0.15, -0.1) is 0 Å². The average Bonchev–Trinajstić information content (AvgIpc) is 2.48. The highest BCUT2D eigenvalue weighted by molar-refractivity contribution is 5.77. The number of carbonyl (C=O) groups excluding carboxylic acids is 1. The Morgan fingerprint density at radius 1 is 1.45 bits per heavy atom. The van der Waals surface area contributed by atoms with Gasteiger partial charge in [0, 0.05) is 18.6 Å². The van der Waals surface area contributed by atoms with Gasteiger partial charge in [-0.05, 0) is 24.9 Å². The van der Waals surface area contributed by atoms with Crippen LogP contribution in [0.3, 0.4) is 0 Å². The third-order valence-corrected chi connectivity index (χ3v) is 4.10. The van der Waals surface area contributed by atoms with Gasteiger partial charge < -0.3 is 9.84 Å². The molecule has 1 aromatic rings. The summed E-state index contributed by atoms with van der Waals surface area (Å²) in [7, 11) is 1.42. The topological polar surface area (TPSA) is 49.8 Å². The monoisotopic (exact) mass is 277 g/mol. The summed E-state index contributed by atoms with van der Waals surface area (Å²) in [4.78, 5) is 14.3. The minimum atomic E-state index is -0.382. The SMILES string of the molecule is COC(=O)C(c1ccccc1)N1CCCC(C)(CO)C1. The fraction of sp³-hybridized carbons (Fsp3) is 0.562. The van der Waals surface area contributed by atoms with Crippen LogP contribution in [0.15, 0.2) is 30.3 Å². The van der Waals surface area contributed by atoms with Crippen LogP contribution in [-0.4, -0.2) is 42.8 Å². The van der Waals surface area contributed by atoms with Crippen molar-refractivity contribution in [1.29, 1.82) is 0 Å². The van der Waals surface area contributed by atoms with E-state index in [1.807, 2.05) is 30.3 Å². The van der Waals surface area contributed by atoms with E-state index in [1.165, 1.54) is 7.11 Å². The molecular formula is C16H23NO3. The van der Waals surface area contributed by atoms with Crippen molar-refractivity contribution in [3.63, 3.8) is 0 Å². The van der Waals surface area contributed by atoms with Crippen LogP contribution in [0.2, 0.25) is 0 Å². The van der Waals surface area contributed by atoms with Crippen molar-refractivity contribution in [2.75, 3.05) is 26.8 Å². The van der Waals surface area contributed by atoms with E-state index < -0.39 is 0 Å². The Kier molecular flexibility index (Phi) is 4.78. The number of hydrogen-bond donors (Lipinski definition) is 1. The molecule has 1 aliphatic rings. The lowest BCUT2D eigenvalue weighted by Gasteiger charge is -2.42. The Labute approximate surface area is 120 Å². The second kappa shape index (κ2) is 6.37. The lowest BCUT2D eigenvalue weighted by atomic mass is 9.82. The Balaban J connectivity index is 2.26. The molecule has 110 valence electrons. The van der Waals surface area contributed by atoms with Gasteiger partial charge in [-0.25, -0.2) is 4.79 Å². The van der Waals surface area contributed by atoms with Crippen molar-refractivity contribution >= 4 is 5.97 Å². The summed E-state index contributed by atoms with van der Waals surface area (Å²) >= 11 is 0. The summed E-state index contributed by atoms with van der Waals surface area (Å²) in [6, 6.07) is 9.32. The number of methoxy groups -OCH3 is 1. The molecule has 2 rings (SSSR count). The molecule has 1 N–H and O–H groups in total. The lowest BCUT2D eigenvalue weighted by Crippen LogP contribution is -2.47. The fourth-order valence-electron chi connectivity index (χ4n) is 2.95. The maximum Gasteiger partial charge on any atom is 0.327 e. The van der Waals surface area contributed by atoms with Crippen LogP contribution in [-0.2, 0) is 9.53 Å². The van der Waals surface area contributed by atoms with Gasteiger partial charge in [-0.1, -0.05) is 37.3 Å². The molecule has 20 heavy (non-hydrogen) atoms. The van der Waals surface area contributed by atoms with Gasteiger partial charge in [-0.3, -0.25) is 4.90 Å². The van der Waals surface area contributed by atoms with Gasteiger partial charge in [0.05, 0.1) is 7.11 Å². The van der Waals surface area contributed by atoms with E-state index in [-0.39, 0.29) is 24.0 Å². The molecule has 1 heterocycles. The standard InChI is InChI=1S/C16H23NO3/c1-16(12-18)9-6-10-17(11-16)14(15(19)20-2)13-7-4-3-5-8-13/h3-5,7-8,14,18H,6,9-12H2,1-2H3. The van der Waals surface area contributed by atoms with Crippen molar-refractivity contribution in [3.8, 4) is 0 Å². The highest BCUT2D eigenvalue weighted by Gasteiger charge is 2.37. The summed E-state index contributed by atoms with van der Waals surface area (Å²) in [5.41, 5.74) is 0.806. The molecule has 2 atom stereocenters. The Bertz CT molecular complexity index is 448. The van der Waals surface area contributed by atoms with Gasteiger partial charge in [-0.2, -0.15) is 0 Å². The number of nitrogens with zero attached hydrogens (tertiary/aromatic N) is 1. The van der Waals surface area contributed by atoms with Gasteiger partial charge in [0.1, 0.15) is 6.04 Å². The summed E-state index contributed by atoms with van der Waals surface area (Å²) in [5, 5.41) is 9.57. The number of likely N-dealkylation sites (tertiary alicyclic amines) is 1. The maximum atomic E-state index is 12.2. The molecule has 0 spiro atoms. The number of carbonyl (C=O) groups is 1. The number of aliphatic hydroxyl groups excluding tert-OH is 1. The molecule has 0 aromatic heterocycles. The van der Waals surface area contributed by atoms with Crippen molar-refractivity contribution in [1.82, 2.24) is 4.90 Å². The van der Waals surface area contributed by atoms with E-state index in [4.69, 9.17) is 4.74 Å². The number of rotatable bonds is 4. The zero-order chi connectivity index (χ0) is 14.6. The minimum absolute atomic E-state index is 0.140. The van der Waals surface area contributed by atoms with Crippen molar-refractivity contribution in [3.05, 3.63) is 35.9 Å². The molecule has 4 heteroatoms. The van der Waals surface area contributed by atoms with Gasteiger partial charge >= 0.3 is 5.97 Å². The van der Waals surface area contributed by atoms with Crippen LogP contribution in [0.25, 0.3) is 0 Å². The quantitative estimate of drug-likeness (QED) is 0.855. The number of ether oxygens (including phenoxy) is 1. The summed E-state index contributed by atoms with van der Waals surface area (Å²) in [5.74, 6) is -0.238. The second-order valence-electron chi connectivity index (χ2n) is 5.88. The molecule has 2 unspecified atom stereocenters. The third-order valence-electron chi connectivity index (χ3n) is 4.10. The first-order valence-corrected chi connectivity index (χ1v) is 7.07. The van der Waals surface area contributed by atoms with Crippen LogP contribution in [0.5, 0.6) is 0 Å². The summed E-state index contributed by atoms with van der Waals surface area (Å²) in [6.07, 6.45) is 1.97. The van der Waals surface area contributed by atoms with Crippen LogP contribution in [0, 0.1) is 5.41 Å². The zero-order valence-electron chi connectivity index (χ0n) is 12.2. The molecule has 0 aliphatic carbocycles. The maximum absolute atomic E-state index is 12.2. The zero-order valence-corrected chi connectivity index (χ0v) is 12.2. The van der Waals surface area contributed by atoms with Crippen LogP contribution < -0.4 is 0 Å². The van der Waals surface area contributed by atoms with E-state index >= 15 is 0 Å². The normalized spacial score (nSPS) is 25.1. The molecule has 1 saturated heterocycles. The molecular weight excluding hydrogens is 254 g/mol. The van der Waals surface area contributed by atoms with Crippen LogP contribution >= 0.6 is 0 Å². The number of benzene rings is 1. The number of aliphatic hydroxyl groups is 1. The van der Waals surface area contributed by atoms with E-state index in [2.05, 4.69) is 11.8 Å². The van der Waals surface area contributed by atoms with Crippen molar-refractivity contribution in [2.24, 2.45) is 5.41 Å². The Hall–Kier alpha value is -1.39. The summed E-state index contributed by atoms with van der Waals surface area (Å²) < 4.78 is 4.98. The van der Waals surface area contributed by atoms with E-state index in [0.29, 0.717) is 6.54 Å². The van der Waals surface area contributed by atoms with E-state index in [9.17, 15) is 9.90 Å². The molecule has 0 amide bonds. The highest BCUT2D eigenvalue weighted by atomic mass is 16.5. The molecule has 0 radical (unpaired) electrons. The highest BCUT2D eigenvalue weighted by Crippen LogP contribution is 2.34. The van der Waals surface area contributed by atoms with Gasteiger partial charge in [0.25, 0.3) is 0 Å². The fourth-order valence-corrected chi connectivity index (χ4v) is 2.95. The van der Waals surface area contributed by atoms with Crippen molar-refractivity contribution < 1.29 is 14.6 Å². The first-order valence-electron chi connectivity index (χ1n) is 7.07. The first-order chi connectivity index (χ1) is 9.59. The second-order valence-corrected chi connectivity index (χ2v) is 5.88. The third kappa shape index (κ3) is 3.19. The molecule has 1 fully saturated rings. The smallest absolute Gasteiger partial charge is 0.327 e. The molecule has 1 aromatic carbocycles. The summed E-state index contributed by atoms with van der Waals surface area (Å²) in [6.45, 7) is 3.77. The van der Waals surface area contributed by atoms with Crippen LogP contribution in [0.4, 0.5) is 0 Å².